The molecule has 0 unspecified atom stereocenters. The van der Waals surface area contributed by atoms with Crippen LogP contribution in [0, 0.1) is 0 Å². The van der Waals surface area contributed by atoms with E-state index in [1.54, 1.807) is 0 Å². The fraction of sp³-hybridized carbons (Fsp3) is 0.0612. The minimum absolute atomic E-state index is 0.685. The molecule has 0 bridgehead atoms. The van der Waals surface area contributed by atoms with Crippen LogP contribution in [-0.2, 0) is 0 Å². The minimum Gasteiger partial charge on any atom is -0.399 e. The lowest BCUT2D eigenvalue weighted by Gasteiger charge is -2.16. The van der Waals surface area contributed by atoms with Crippen molar-refractivity contribution < 1.29 is 0 Å². The van der Waals surface area contributed by atoms with E-state index in [0.717, 1.165) is 68.9 Å². The van der Waals surface area contributed by atoms with Gasteiger partial charge in [-0.2, -0.15) is 0 Å². The Balaban J connectivity index is 1.28. The monoisotopic (exact) mass is 667 g/mol. The Morgan fingerprint density at radius 2 is 1.08 bits per heavy atom. The maximum Gasteiger partial charge on any atom is 0.160 e. The van der Waals surface area contributed by atoms with Gasteiger partial charge in [-0.1, -0.05) is 159 Å². The van der Waals surface area contributed by atoms with Crippen LogP contribution in [0.25, 0.3) is 94.2 Å². The SMILES string of the molecule is CCC/C=C(\N)c1ccc(-c2cc(-c3nc(-c4ccccc4)cc(-c4ccccc4)n3)cc(-c3ccc4ccc5cccc6ccc3c4c56)c2)cc1. The highest BCUT2D eigenvalue weighted by Crippen LogP contribution is 2.41. The van der Waals surface area contributed by atoms with Crippen LogP contribution >= 0.6 is 0 Å². The maximum atomic E-state index is 6.45. The van der Waals surface area contributed by atoms with E-state index in [9.17, 15) is 0 Å². The number of allylic oxidation sites excluding steroid dienone is 1. The molecule has 248 valence electrons. The molecule has 0 saturated heterocycles. The van der Waals surface area contributed by atoms with Crippen molar-refractivity contribution in [1.82, 2.24) is 9.97 Å². The smallest absolute Gasteiger partial charge is 0.160 e. The van der Waals surface area contributed by atoms with Crippen LogP contribution in [0.3, 0.4) is 0 Å². The molecule has 0 fully saturated rings. The Labute approximate surface area is 304 Å². The molecule has 0 amide bonds. The number of benzene rings is 8. The number of rotatable bonds is 8. The van der Waals surface area contributed by atoms with E-state index in [4.69, 9.17) is 15.7 Å². The number of aromatic nitrogens is 2. The lowest BCUT2D eigenvalue weighted by atomic mass is 9.88. The average Bonchev–Trinajstić information content (AvgIpc) is 3.22. The number of unbranched alkanes of at least 4 members (excludes halogenated alkanes) is 1. The number of nitrogens with two attached hydrogens (primary N) is 1. The van der Waals surface area contributed by atoms with Gasteiger partial charge in [0.2, 0.25) is 0 Å². The van der Waals surface area contributed by atoms with Crippen molar-refractivity contribution >= 4 is 38.0 Å². The minimum atomic E-state index is 0.685. The van der Waals surface area contributed by atoms with Crippen molar-refractivity contribution in [3.05, 3.63) is 175 Å². The van der Waals surface area contributed by atoms with Gasteiger partial charge in [0.15, 0.2) is 5.82 Å². The molecule has 3 nitrogen and oxygen atoms in total. The Morgan fingerprint density at radius 3 is 1.73 bits per heavy atom. The summed E-state index contributed by atoms with van der Waals surface area (Å²) in [6.45, 7) is 2.17. The van der Waals surface area contributed by atoms with Gasteiger partial charge in [-0.3, -0.25) is 0 Å². The van der Waals surface area contributed by atoms with Crippen LogP contribution in [0.2, 0.25) is 0 Å². The van der Waals surface area contributed by atoms with E-state index in [1.807, 2.05) is 12.1 Å². The normalized spacial score (nSPS) is 11.9. The van der Waals surface area contributed by atoms with E-state index in [1.165, 1.54) is 37.9 Å². The molecule has 1 heterocycles. The molecule has 0 aliphatic rings. The van der Waals surface area contributed by atoms with Crippen molar-refractivity contribution in [2.75, 3.05) is 0 Å². The van der Waals surface area contributed by atoms with Gasteiger partial charge < -0.3 is 5.73 Å². The fourth-order valence-electron chi connectivity index (χ4n) is 7.43. The molecule has 9 rings (SSSR count). The van der Waals surface area contributed by atoms with Gasteiger partial charge in [-0.15, -0.1) is 0 Å². The molecular formula is C49H37N3. The molecule has 0 saturated carbocycles. The van der Waals surface area contributed by atoms with Gasteiger partial charge in [0.25, 0.3) is 0 Å². The van der Waals surface area contributed by atoms with Crippen LogP contribution in [0.5, 0.6) is 0 Å². The summed E-state index contributed by atoms with van der Waals surface area (Å²) in [6, 6.07) is 58.3. The lowest BCUT2D eigenvalue weighted by Crippen LogP contribution is -1.97. The zero-order valence-corrected chi connectivity index (χ0v) is 29.1. The summed E-state index contributed by atoms with van der Waals surface area (Å²) in [5, 5.41) is 7.61. The van der Waals surface area contributed by atoms with E-state index >= 15 is 0 Å². The Bertz CT molecular complexity index is 2660. The highest BCUT2D eigenvalue weighted by molar-refractivity contribution is 6.25. The number of nitrogens with zero attached hydrogens (tertiary/aromatic N) is 2. The summed E-state index contributed by atoms with van der Waals surface area (Å²) in [5.74, 6) is 0.685. The first-order valence-electron chi connectivity index (χ1n) is 18.0. The van der Waals surface area contributed by atoms with E-state index in [0.29, 0.717) is 5.82 Å². The summed E-state index contributed by atoms with van der Waals surface area (Å²) in [4.78, 5) is 10.5. The number of hydrogen-bond acceptors (Lipinski definition) is 3. The Morgan fingerprint density at radius 1 is 0.500 bits per heavy atom. The van der Waals surface area contributed by atoms with E-state index < -0.39 is 0 Å². The van der Waals surface area contributed by atoms with Gasteiger partial charge >= 0.3 is 0 Å². The highest BCUT2D eigenvalue weighted by atomic mass is 14.9. The van der Waals surface area contributed by atoms with Crippen LogP contribution < -0.4 is 5.73 Å². The van der Waals surface area contributed by atoms with Crippen molar-refractivity contribution in [3.8, 4) is 56.2 Å². The van der Waals surface area contributed by atoms with Crippen LogP contribution in [0.1, 0.15) is 25.3 Å². The summed E-state index contributed by atoms with van der Waals surface area (Å²) >= 11 is 0. The van der Waals surface area contributed by atoms with E-state index in [2.05, 4.69) is 165 Å². The quantitative estimate of drug-likeness (QED) is 0.164. The fourth-order valence-corrected chi connectivity index (χ4v) is 7.43. The first-order chi connectivity index (χ1) is 25.6. The molecule has 3 heteroatoms. The molecule has 0 aliphatic heterocycles. The molecular weight excluding hydrogens is 631 g/mol. The first-order valence-corrected chi connectivity index (χ1v) is 18.0. The van der Waals surface area contributed by atoms with Crippen LogP contribution in [0.15, 0.2) is 170 Å². The molecule has 8 aromatic carbocycles. The third-order valence-electron chi connectivity index (χ3n) is 10.1. The van der Waals surface area contributed by atoms with Gasteiger partial charge in [0.1, 0.15) is 0 Å². The predicted octanol–water partition coefficient (Wildman–Crippen LogP) is 12.8. The Hall–Kier alpha value is -6.58. The van der Waals surface area contributed by atoms with Crippen LogP contribution in [-0.4, -0.2) is 9.97 Å². The van der Waals surface area contributed by atoms with Crippen molar-refractivity contribution in [2.24, 2.45) is 5.73 Å². The third-order valence-corrected chi connectivity index (χ3v) is 10.1. The van der Waals surface area contributed by atoms with Gasteiger partial charge in [0.05, 0.1) is 11.4 Å². The summed E-state index contributed by atoms with van der Waals surface area (Å²) in [7, 11) is 0. The second kappa shape index (κ2) is 13.3. The van der Waals surface area contributed by atoms with Crippen LogP contribution in [0.4, 0.5) is 0 Å². The summed E-state index contributed by atoms with van der Waals surface area (Å²) < 4.78 is 0. The zero-order valence-electron chi connectivity index (χ0n) is 29.1. The first kappa shape index (κ1) is 31.4. The largest absolute Gasteiger partial charge is 0.399 e. The second-order valence-electron chi connectivity index (χ2n) is 13.5. The predicted molar refractivity (Wildman–Crippen MR) is 220 cm³/mol. The van der Waals surface area contributed by atoms with Gasteiger partial charge in [-0.05, 0) is 90.8 Å². The molecule has 0 spiro atoms. The molecule has 9 aromatic rings. The summed E-state index contributed by atoms with van der Waals surface area (Å²) in [5.41, 5.74) is 17.6. The zero-order chi connectivity index (χ0) is 35.0. The molecule has 0 aliphatic carbocycles. The average molecular weight is 668 g/mol. The van der Waals surface area contributed by atoms with Crippen molar-refractivity contribution in [2.45, 2.75) is 19.8 Å². The second-order valence-corrected chi connectivity index (χ2v) is 13.5. The summed E-state index contributed by atoms with van der Waals surface area (Å²) in [6.07, 6.45) is 4.14. The molecule has 1 aromatic heterocycles. The van der Waals surface area contributed by atoms with Crippen molar-refractivity contribution in [3.63, 3.8) is 0 Å². The molecule has 0 atom stereocenters. The lowest BCUT2D eigenvalue weighted by molar-refractivity contribution is 0.958. The highest BCUT2D eigenvalue weighted by Gasteiger charge is 2.17. The third kappa shape index (κ3) is 5.76. The molecule has 2 N–H and O–H groups in total. The van der Waals surface area contributed by atoms with Gasteiger partial charge in [0, 0.05) is 22.4 Å². The standard InChI is InChI=1S/C49H37N3/c1-2-3-17-44(50)33-20-18-32(19-21-33)39-28-40(42-26-24-38-23-22-36-15-10-16-37-25-27-43(42)48(38)47(36)37)30-41(29-39)49-51-45(34-11-6-4-7-12-34)31-46(52-49)35-13-8-5-9-14-35/h4-31H,2-3,50H2,1H3/b44-17-. The number of hydrogen-bond donors (Lipinski definition) is 1. The van der Waals surface area contributed by atoms with E-state index in [-0.39, 0.29) is 0 Å². The van der Waals surface area contributed by atoms with Crippen molar-refractivity contribution in [1.29, 1.82) is 0 Å². The molecule has 0 radical (unpaired) electrons. The topological polar surface area (TPSA) is 51.8 Å². The van der Waals surface area contributed by atoms with Gasteiger partial charge in [-0.25, -0.2) is 9.97 Å². The Kier molecular flexibility index (Phi) is 8.02. The molecule has 52 heavy (non-hydrogen) atoms. The maximum absolute atomic E-state index is 6.45.